The fraction of sp³-hybridized carbons (Fsp3) is 0.357. The molecule has 7 nitrogen and oxygen atoms in total. The molecule has 112 valence electrons. The standard InChI is InChI=1S/C14H19N5O2/c1-4-12-9(2)17-18(10(12)3)8-11-5-6-14(19(20)21)13(7-11)16-15/h5-7,16H,4,8,15H2,1-3H3. The molecule has 0 fully saturated rings. The number of rotatable bonds is 5. The number of nitrogens with one attached hydrogen (secondary N) is 1. The van der Waals surface area contributed by atoms with Crippen molar-refractivity contribution in [2.45, 2.75) is 33.7 Å². The van der Waals surface area contributed by atoms with Crippen LogP contribution in [0.3, 0.4) is 0 Å². The Morgan fingerprint density at radius 2 is 2.14 bits per heavy atom. The number of benzene rings is 1. The zero-order valence-electron chi connectivity index (χ0n) is 12.4. The fourth-order valence-corrected chi connectivity index (χ4v) is 2.53. The molecule has 0 aliphatic heterocycles. The molecule has 0 radical (unpaired) electrons. The van der Waals surface area contributed by atoms with Crippen LogP contribution >= 0.6 is 0 Å². The van der Waals surface area contributed by atoms with E-state index in [1.807, 2.05) is 18.5 Å². The minimum atomic E-state index is -0.461. The van der Waals surface area contributed by atoms with E-state index in [1.54, 1.807) is 12.1 Å². The lowest BCUT2D eigenvalue weighted by atomic mass is 10.1. The van der Waals surface area contributed by atoms with Gasteiger partial charge in [-0.15, -0.1) is 0 Å². The van der Waals surface area contributed by atoms with Crippen molar-refractivity contribution in [1.82, 2.24) is 9.78 Å². The molecule has 0 saturated carbocycles. The van der Waals surface area contributed by atoms with Crippen LogP contribution in [-0.4, -0.2) is 14.7 Å². The topological polar surface area (TPSA) is 99.0 Å². The first-order valence-corrected chi connectivity index (χ1v) is 6.74. The Kier molecular flexibility index (Phi) is 4.23. The van der Waals surface area contributed by atoms with Gasteiger partial charge in [0, 0.05) is 11.8 Å². The summed E-state index contributed by atoms with van der Waals surface area (Å²) in [6.07, 6.45) is 0.938. The van der Waals surface area contributed by atoms with Crippen LogP contribution in [0.15, 0.2) is 18.2 Å². The van der Waals surface area contributed by atoms with Crippen LogP contribution in [0.25, 0.3) is 0 Å². The van der Waals surface area contributed by atoms with Crippen LogP contribution in [0.5, 0.6) is 0 Å². The third-order valence-electron chi connectivity index (χ3n) is 3.63. The highest BCUT2D eigenvalue weighted by Gasteiger charge is 2.15. The van der Waals surface area contributed by atoms with Crippen molar-refractivity contribution < 1.29 is 4.92 Å². The van der Waals surface area contributed by atoms with Crippen LogP contribution in [0.1, 0.15) is 29.4 Å². The molecule has 2 aromatic rings. The number of nitrogens with two attached hydrogens (primary N) is 1. The number of hydrazine groups is 1. The number of anilines is 1. The van der Waals surface area contributed by atoms with Crippen LogP contribution < -0.4 is 11.3 Å². The third-order valence-corrected chi connectivity index (χ3v) is 3.63. The third kappa shape index (κ3) is 2.87. The Morgan fingerprint density at radius 3 is 2.67 bits per heavy atom. The van der Waals surface area contributed by atoms with E-state index in [9.17, 15) is 10.1 Å². The van der Waals surface area contributed by atoms with Gasteiger partial charge in [-0.25, -0.2) is 0 Å². The molecule has 21 heavy (non-hydrogen) atoms. The summed E-state index contributed by atoms with van der Waals surface area (Å²) in [5.74, 6) is 5.35. The number of nitrogen functional groups attached to an aromatic ring is 1. The second kappa shape index (κ2) is 5.92. The van der Waals surface area contributed by atoms with Crippen LogP contribution in [0.4, 0.5) is 11.4 Å². The normalized spacial score (nSPS) is 10.7. The Balaban J connectivity index is 2.34. The molecular weight excluding hydrogens is 270 g/mol. The quantitative estimate of drug-likeness (QED) is 0.500. The van der Waals surface area contributed by atoms with Crippen molar-refractivity contribution in [3.63, 3.8) is 0 Å². The Hall–Kier alpha value is -2.41. The minimum Gasteiger partial charge on any atom is -0.318 e. The Bertz CT molecular complexity index is 678. The van der Waals surface area contributed by atoms with Crippen molar-refractivity contribution >= 4 is 11.4 Å². The lowest BCUT2D eigenvalue weighted by Crippen LogP contribution is -2.10. The summed E-state index contributed by atoms with van der Waals surface area (Å²) < 4.78 is 1.91. The second-order valence-electron chi connectivity index (χ2n) is 4.91. The first-order chi connectivity index (χ1) is 9.97. The number of nitro groups is 1. The predicted octanol–water partition coefficient (Wildman–Crippen LogP) is 2.30. The van der Waals surface area contributed by atoms with Gasteiger partial charge in [0.05, 0.1) is 17.2 Å². The average Bonchev–Trinajstić information content (AvgIpc) is 2.72. The Morgan fingerprint density at radius 1 is 1.43 bits per heavy atom. The van der Waals surface area contributed by atoms with Gasteiger partial charge < -0.3 is 5.43 Å². The van der Waals surface area contributed by atoms with Gasteiger partial charge in [0.1, 0.15) is 5.69 Å². The number of aryl methyl sites for hydroxylation is 1. The molecule has 0 atom stereocenters. The molecule has 0 bridgehead atoms. The number of aromatic nitrogens is 2. The summed E-state index contributed by atoms with van der Waals surface area (Å²) in [6, 6.07) is 4.86. The van der Waals surface area contributed by atoms with Gasteiger partial charge in [-0.05, 0) is 37.5 Å². The van der Waals surface area contributed by atoms with Gasteiger partial charge in [0.25, 0.3) is 5.69 Å². The first kappa shape index (κ1) is 15.0. The summed E-state index contributed by atoms with van der Waals surface area (Å²) in [4.78, 5) is 10.4. The molecule has 0 aliphatic rings. The zero-order valence-corrected chi connectivity index (χ0v) is 12.4. The zero-order chi connectivity index (χ0) is 15.6. The van der Waals surface area contributed by atoms with Crippen molar-refractivity contribution in [2.75, 3.05) is 5.43 Å². The summed E-state index contributed by atoms with van der Waals surface area (Å²) in [7, 11) is 0. The van der Waals surface area contributed by atoms with Gasteiger partial charge in [0.2, 0.25) is 0 Å². The average molecular weight is 289 g/mol. The largest absolute Gasteiger partial charge is 0.318 e. The maximum absolute atomic E-state index is 10.9. The lowest BCUT2D eigenvalue weighted by molar-refractivity contribution is -0.384. The second-order valence-corrected chi connectivity index (χ2v) is 4.91. The molecule has 2 rings (SSSR count). The van der Waals surface area contributed by atoms with Crippen molar-refractivity contribution in [3.05, 3.63) is 50.8 Å². The molecule has 1 aromatic carbocycles. The highest BCUT2D eigenvalue weighted by atomic mass is 16.6. The van der Waals surface area contributed by atoms with Crippen LogP contribution in [-0.2, 0) is 13.0 Å². The fourth-order valence-electron chi connectivity index (χ4n) is 2.53. The maximum atomic E-state index is 10.9. The predicted molar refractivity (Wildman–Crippen MR) is 81.1 cm³/mol. The minimum absolute atomic E-state index is 0.0381. The van der Waals surface area contributed by atoms with E-state index < -0.39 is 4.92 Å². The number of nitrogens with zero attached hydrogens (tertiary/aromatic N) is 3. The summed E-state index contributed by atoms with van der Waals surface area (Å²) >= 11 is 0. The summed E-state index contributed by atoms with van der Waals surface area (Å²) in [5, 5.41) is 15.4. The van der Waals surface area contributed by atoms with E-state index in [4.69, 9.17) is 5.84 Å². The monoisotopic (exact) mass is 289 g/mol. The molecule has 1 heterocycles. The van der Waals surface area contributed by atoms with E-state index in [-0.39, 0.29) is 5.69 Å². The summed E-state index contributed by atoms with van der Waals surface area (Å²) in [5.41, 5.74) is 6.93. The number of hydrogen-bond donors (Lipinski definition) is 2. The SMILES string of the molecule is CCc1c(C)nn(Cc2ccc([N+](=O)[O-])c(NN)c2)c1C. The smallest absolute Gasteiger partial charge is 0.293 e. The highest BCUT2D eigenvalue weighted by molar-refractivity contribution is 5.62. The molecule has 0 saturated heterocycles. The Labute approximate surface area is 122 Å². The molecule has 3 N–H and O–H groups in total. The van der Waals surface area contributed by atoms with E-state index in [0.29, 0.717) is 12.2 Å². The van der Waals surface area contributed by atoms with Crippen LogP contribution in [0.2, 0.25) is 0 Å². The van der Waals surface area contributed by atoms with Gasteiger partial charge >= 0.3 is 0 Å². The molecule has 0 unspecified atom stereocenters. The van der Waals surface area contributed by atoms with Crippen molar-refractivity contribution in [1.29, 1.82) is 0 Å². The number of hydrogen-bond acceptors (Lipinski definition) is 5. The molecule has 0 aliphatic carbocycles. The van der Waals surface area contributed by atoms with Crippen molar-refractivity contribution in [3.8, 4) is 0 Å². The van der Waals surface area contributed by atoms with Crippen molar-refractivity contribution in [2.24, 2.45) is 5.84 Å². The maximum Gasteiger partial charge on any atom is 0.293 e. The highest BCUT2D eigenvalue weighted by Crippen LogP contribution is 2.25. The van der Waals surface area contributed by atoms with Gasteiger partial charge in [-0.1, -0.05) is 13.0 Å². The molecular formula is C14H19N5O2. The van der Waals surface area contributed by atoms with E-state index in [1.165, 1.54) is 11.6 Å². The molecule has 0 spiro atoms. The molecule has 1 aromatic heterocycles. The lowest BCUT2D eigenvalue weighted by Gasteiger charge is -2.08. The van der Waals surface area contributed by atoms with E-state index in [2.05, 4.69) is 17.4 Å². The van der Waals surface area contributed by atoms with Gasteiger partial charge in [-0.3, -0.25) is 20.6 Å². The van der Waals surface area contributed by atoms with E-state index in [0.717, 1.165) is 23.4 Å². The van der Waals surface area contributed by atoms with E-state index >= 15 is 0 Å². The first-order valence-electron chi connectivity index (χ1n) is 6.74. The summed E-state index contributed by atoms with van der Waals surface area (Å²) in [6.45, 7) is 6.68. The van der Waals surface area contributed by atoms with Gasteiger partial charge in [-0.2, -0.15) is 5.10 Å². The molecule has 7 heteroatoms. The van der Waals surface area contributed by atoms with Crippen LogP contribution in [0, 0.1) is 24.0 Å². The number of nitro benzene ring substituents is 1. The van der Waals surface area contributed by atoms with Gasteiger partial charge in [0.15, 0.2) is 0 Å². The molecule has 0 amide bonds.